The first kappa shape index (κ1) is 15.4. The van der Waals surface area contributed by atoms with Crippen LogP contribution in [0.4, 0.5) is 0 Å². The first-order valence-corrected chi connectivity index (χ1v) is 6.51. The Labute approximate surface area is 109 Å². The van der Waals surface area contributed by atoms with E-state index in [0.717, 1.165) is 19.6 Å². The van der Waals surface area contributed by atoms with E-state index in [9.17, 15) is 4.79 Å². The number of hydrogen-bond donors (Lipinski definition) is 2. The highest BCUT2D eigenvalue weighted by Crippen LogP contribution is 2.11. The molecule has 0 saturated carbocycles. The highest BCUT2D eigenvalue weighted by atomic mass is 16.5. The molecule has 2 atom stereocenters. The van der Waals surface area contributed by atoms with E-state index in [1.54, 1.807) is 7.11 Å². The highest BCUT2D eigenvalue weighted by molar-refractivity contribution is 5.81. The molecule has 2 unspecified atom stereocenters. The fraction of sp³-hybridized carbons (Fsp3) is 0.917. The van der Waals surface area contributed by atoms with Crippen LogP contribution in [0.25, 0.3) is 0 Å². The molecule has 0 spiro atoms. The van der Waals surface area contributed by atoms with E-state index in [0.29, 0.717) is 19.7 Å². The summed E-state index contributed by atoms with van der Waals surface area (Å²) in [5.41, 5.74) is 5.80. The number of carbonyl (C=O) groups is 1. The number of nitrogens with one attached hydrogen (secondary N) is 1. The lowest BCUT2D eigenvalue weighted by Crippen LogP contribution is -2.60. The van der Waals surface area contributed by atoms with Crippen LogP contribution in [-0.2, 0) is 9.53 Å². The minimum Gasteiger partial charge on any atom is -0.383 e. The van der Waals surface area contributed by atoms with E-state index in [1.165, 1.54) is 0 Å². The van der Waals surface area contributed by atoms with Gasteiger partial charge in [0.05, 0.1) is 12.6 Å². The van der Waals surface area contributed by atoms with Crippen molar-refractivity contribution < 1.29 is 9.53 Å². The van der Waals surface area contributed by atoms with Crippen LogP contribution in [0.1, 0.15) is 6.92 Å². The summed E-state index contributed by atoms with van der Waals surface area (Å²) in [6.45, 7) is 6.41. The maximum absolute atomic E-state index is 12.0. The Balaban J connectivity index is 2.48. The maximum atomic E-state index is 12.0. The molecule has 1 aliphatic rings. The van der Waals surface area contributed by atoms with Gasteiger partial charge >= 0.3 is 0 Å². The molecule has 0 aromatic heterocycles. The highest BCUT2D eigenvalue weighted by Gasteiger charge is 2.30. The van der Waals surface area contributed by atoms with E-state index < -0.39 is 0 Å². The van der Waals surface area contributed by atoms with E-state index in [-0.39, 0.29) is 18.0 Å². The summed E-state index contributed by atoms with van der Waals surface area (Å²) < 4.78 is 4.92. The van der Waals surface area contributed by atoms with Crippen molar-refractivity contribution in [3.05, 3.63) is 0 Å². The van der Waals surface area contributed by atoms with E-state index in [1.807, 2.05) is 6.92 Å². The zero-order valence-corrected chi connectivity index (χ0v) is 11.7. The molecule has 3 N–H and O–H groups in total. The summed E-state index contributed by atoms with van der Waals surface area (Å²) in [6.07, 6.45) is 0. The van der Waals surface area contributed by atoms with Crippen LogP contribution >= 0.6 is 0 Å². The number of piperazine rings is 1. The summed E-state index contributed by atoms with van der Waals surface area (Å²) in [4.78, 5) is 16.4. The van der Waals surface area contributed by atoms with Gasteiger partial charge in [0.1, 0.15) is 0 Å². The molecule has 0 bridgehead atoms. The van der Waals surface area contributed by atoms with Crippen molar-refractivity contribution in [2.75, 3.05) is 53.5 Å². The molecule has 0 aromatic rings. The molecule has 106 valence electrons. The number of ether oxygens (including phenoxy) is 1. The van der Waals surface area contributed by atoms with Gasteiger partial charge in [-0.05, 0) is 14.0 Å². The van der Waals surface area contributed by atoms with Gasteiger partial charge in [-0.3, -0.25) is 9.69 Å². The van der Waals surface area contributed by atoms with Gasteiger partial charge in [-0.1, -0.05) is 0 Å². The first-order valence-electron chi connectivity index (χ1n) is 6.51. The summed E-state index contributed by atoms with van der Waals surface area (Å²) >= 11 is 0. The smallest absolute Gasteiger partial charge is 0.237 e. The van der Waals surface area contributed by atoms with E-state index in [2.05, 4.69) is 22.2 Å². The fourth-order valence-corrected chi connectivity index (χ4v) is 2.32. The SMILES string of the molecule is COCCNC(=O)C(C)N1CCN(C)CC1CN. The van der Waals surface area contributed by atoms with Crippen molar-refractivity contribution in [2.24, 2.45) is 5.73 Å². The van der Waals surface area contributed by atoms with Gasteiger partial charge in [0.2, 0.25) is 5.91 Å². The van der Waals surface area contributed by atoms with Crippen LogP contribution in [0.5, 0.6) is 0 Å². The van der Waals surface area contributed by atoms with Gasteiger partial charge in [-0.25, -0.2) is 0 Å². The average Bonchev–Trinajstić information content (AvgIpc) is 2.37. The number of amides is 1. The lowest BCUT2D eigenvalue weighted by Gasteiger charge is -2.42. The Bertz CT molecular complexity index is 262. The lowest BCUT2D eigenvalue weighted by molar-refractivity contribution is -0.127. The molecule has 1 amide bonds. The minimum absolute atomic E-state index is 0.0510. The van der Waals surface area contributed by atoms with Crippen molar-refractivity contribution in [3.8, 4) is 0 Å². The van der Waals surface area contributed by atoms with Gasteiger partial charge in [-0.15, -0.1) is 0 Å². The third-order valence-corrected chi connectivity index (χ3v) is 3.49. The number of rotatable bonds is 6. The number of nitrogens with zero attached hydrogens (tertiary/aromatic N) is 2. The van der Waals surface area contributed by atoms with Crippen molar-refractivity contribution in [1.29, 1.82) is 0 Å². The van der Waals surface area contributed by atoms with Crippen LogP contribution in [0.2, 0.25) is 0 Å². The molecule has 18 heavy (non-hydrogen) atoms. The summed E-state index contributed by atoms with van der Waals surface area (Å²) in [5.74, 6) is 0.0510. The van der Waals surface area contributed by atoms with Crippen LogP contribution in [0, 0.1) is 0 Å². The molecule has 0 radical (unpaired) electrons. The summed E-state index contributed by atoms with van der Waals surface area (Å²) in [7, 11) is 3.71. The second-order valence-electron chi connectivity index (χ2n) is 4.85. The molecule has 1 rings (SSSR count). The Morgan fingerprint density at radius 3 is 2.89 bits per heavy atom. The van der Waals surface area contributed by atoms with Crippen molar-refractivity contribution in [1.82, 2.24) is 15.1 Å². The van der Waals surface area contributed by atoms with Crippen LogP contribution in [0.3, 0.4) is 0 Å². The van der Waals surface area contributed by atoms with Gasteiger partial charge in [-0.2, -0.15) is 0 Å². The number of methoxy groups -OCH3 is 1. The molecule has 1 fully saturated rings. The second kappa shape index (κ2) is 7.68. The van der Waals surface area contributed by atoms with Crippen molar-refractivity contribution in [3.63, 3.8) is 0 Å². The molecular formula is C12H26N4O2. The van der Waals surface area contributed by atoms with Crippen LogP contribution in [0.15, 0.2) is 0 Å². The maximum Gasteiger partial charge on any atom is 0.237 e. The minimum atomic E-state index is -0.135. The van der Waals surface area contributed by atoms with Gasteiger partial charge in [0, 0.05) is 45.9 Å². The van der Waals surface area contributed by atoms with E-state index >= 15 is 0 Å². The quantitative estimate of drug-likeness (QED) is 0.580. The van der Waals surface area contributed by atoms with Gasteiger partial charge in [0.15, 0.2) is 0 Å². The molecule has 1 heterocycles. The van der Waals surface area contributed by atoms with Crippen molar-refractivity contribution in [2.45, 2.75) is 19.0 Å². The molecule has 0 aliphatic carbocycles. The predicted octanol–water partition coefficient (Wildman–Crippen LogP) is -1.29. The zero-order chi connectivity index (χ0) is 13.5. The van der Waals surface area contributed by atoms with Crippen LogP contribution in [-0.4, -0.2) is 81.3 Å². The Kier molecular flexibility index (Phi) is 6.56. The predicted molar refractivity (Wildman–Crippen MR) is 71.4 cm³/mol. The molecule has 1 aliphatic heterocycles. The first-order chi connectivity index (χ1) is 8.60. The van der Waals surface area contributed by atoms with Crippen LogP contribution < -0.4 is 11.1 Å². The fourth-order valence-electron chi connectivity index (χ4n) is 2.32. The molecular weight excluding hydrogens is 232 g/mol. The average molecular weight is 258 g/mol. The standard InChI is InChI=1S/C12H26N4O2/c1-10(12(17)14-4-7-18-3)16-6-5-15(2)9-11(16)8-13/h10-11H,4-9,13H2,1-3H3,(H,14,17). The largest absolute Gasteiger partial charge is 0.383 e. The van der Waals surface area contributed by atoms with Crippen molar-refractivity contribution >= 4 is 5.91 Å². The zero-order valence-electron chi connectivity index (χ0n) is 11.7. The Morgan fingerprint density at radius 1 is 1.56 bits per heavy atom. The third-order valence-electron chi connectivity index (χ3n) is 3.49. The van der Waals surface area contributed by atoms with Gasteiger partial charge in [0.25, 0.3) is 0 Å². The monoisotopic (exact) mass is 258 g/mol. The number of likely N-dealkylation sites (N-methyl/N-ethyl adjacent to an activating group) is 1. The number of carbonyl (C=O) groups excluding carboxylic acids is 1. The second-order valence-corrected chi connectivity index (χ2v) is 4.85. The lowest BCUT2D eigenvalue weighted by atomic mass is 10.1. The molecule has 6 nitrogen and oxygen atoms in total. The van der Waals surface area contributed by atoms with E-state index in [4.69, 9.17) is 10.5 Å². The molecule has 0 aromatic carbocycles. The number of hydrogen-bond acceptors (Lipinski definition) is 5. The van der Waals surface area contributed by atoms with Gasteiger partial charge < -0.3 is 20.7 Å². The topological polar surface area (TPSA) is 70.8 Å². The Hall–Kier alpha value is -0.690. The summed E-state index contributed by atoms with van der Waals surface area (Å²) in [6, 6.07) is 0.121. The normalized spacial score (nSPS) is 23.9. The summed E-state index contributed by atoms with van der Waals surface area (Å²) in [5, 5.41) is 2.88. The number of nitrogens with two attached hydrogens (primary N) is 1. The molecule has 6 heteroatoms. The third kappa shape index (κ3) is 4.20. The Morgan fingerprint density at radius 2 is 2.28 bits per heavy atom. The molecule has 1 saturated heterocycles.